The van der Waals surface area contributed by atoms with Crippen LogP contribution in [0.5, 0.6) is 0 Å². The molecule has 0 unspecified atom stereocenters. The van der Waals surface area contributed by atoms with Crippen molar-refractivity contribution in [3.8, 4) is 6.07 Å². The molecule has 1 rings (SSSR count). The van der Waals surface area contributed by atoms with Crippen LogP contribution >= 0.6 is 0 Å². The predicted octanol–water partition coefficient (Wildman–Crippen LogP) is 1.44. The molecule has 0 radical (unpaired) electrons. The molecule has 0 fully saturated rings. The number of nitriles is 1. The summed E-state index contributed by atoms with van der Waals surface area (Å²) >= 11 is 0. The number of nitrogens with one attached hydrogen (secondary N) is 1. The van der Waals surface area contributed by atoms with Gasteiger partial charge in [-0.15, -0.1) is 0 Å². The fourth-order valence-electron chi connectivity index (χ4n) is 1.55. The van der Waals surface area contributed by atoms with E-state index < -0.39 is 5.82 Å². The second-order valence-corrected chi connectivity index (χ2v) is 4.03. The van der Waals surface area contributed by atoms with E-state index in [2.05, 4.69) is 5.32 Å². The first-order valence-corrected chi connectivity index (χ1v) is 5.81. The smallest absolute Gasteiger partial charge is 0.217 e. The van der Waals surface area contributed by atoms with E-state index in [9.17, 15) is 9.18 Å². The molecule has 0 saturated carbocycles. The molecule has 18 heavy (non-hydrogen) atoms. The molecule has 1 aromatic carbocycles. The fourth-order valence-corrected chi connectivity index (χ4v) is 1.55. The summed E-state index contributed by atoms with van der Waals surface area (Å²) in [5.74, 6) is -0.782. The van der Waals surface area contributed by atoms with Crippen molar-refractivity contribution in [2.24, 2.45) is 5.73 Å². The SMILES string of the molecule is N#Cc1cc(CNCCCCC(N)=O)ccc1F. The van der Waals surface area contributed by atoms with Gasteiger partial charge in [0.15, 0.2) is 0 Å². The normalized spacial score (nSPS) is 10.0. The molecule has 0 bridgehead atoms. The number of carbonyl (C=O) groups is 1. The van der Waals surface area contributed by atoms with Crippen LogP contribution in [0.25, 0.3) is 0 Å². The zero-order valence-corrected chi connectivity index (χ0v) is 10.1. The summed E-state index contributed by atoms with van der Waals surface area (Å²) in [6.07, 6.45) is 2.02. The van der Waals surface area contributed by atoms with E-state index in [4.69, 9.17) is 11.0 Å². The van der Waals surface area contributed by atoms with Crippen LogP contribution < -0.4 is 11.1 Å². The summed E-state index contributed by atoms with van der Waals surface area (Å²) < 4.78 is 13.0. The molecule has 0 aromatic heterocycles. The van der Waals surface area contributed by atoms with Crippen molar-refractivity contribution < 1.29 is 9.18 Å². The van der Waals surface area contributed by atoms with Crippen LogP contribution in [-0.2, 0) is 11.3 Å². The van der Waals surface area contributed by atoms with Crippen molar-refractivity contribution >= 4 is 5.91 Å². The molecule has 1 amide bonds. The zero-order chi connectivity index (χ0) is 13.4. The second-order valence-electron chi connectivity index (χ2n) is 4.03. The quantitative estimate of drug-likeness (QED) is 0.718. The zero-order valence-electron chi connectivity index (χ0n) is 10.1. The van der Waals surface area contributed by atoms with Crippen molar-refractivity contribution in [3.05, 3.63) is 35.1 Å². The van der Waals surface area contributed by atoms with Crippen LogP contribution in [0.15, 0.2) is 18.2 Å². The first-order valence-electron chi connectivity index (χ1n) is 5.81. The Labute approximate surface area is 106 Å². The summed E-state index contributed by atoms with van der Waals surface area (Å²) in [6.45, 7) is 1.33. The average molecular weight is 249 g/mol. The van der Waals surface area contributed by atoms with E-state index in [0.29, 0.717) is 13.0 Å². The molecule has 0 saturated heterocycles. The molecule has 0 aliphatic rings. The molecule has 0 heterocycles. The fraction of sp³-hybridized carbons (Fsp3) is 0.385. The Bertz CT molecular complexity index is 454. The van der Waals surface area contributed by atoms with Crippen LogP contribution in [-0.4, -0.2) is 12.5 Å². The van der Waals surface area contributed by atoms with Gasteiger partial charge < -0.3 is 11.1 Å². The Morgan fingerprint density at radius 1 is 1.44 bits per heavy atom. The van der Waals surface area contributed by atoms with Crippen molar-refractivity contribution in [1.82, 2.24) is 5.32 Å². The third kappa shape index (κ3) is 4.93. The largest absolute Gasteiger partial charge is 0.370 e. The molecule has 0 atom stereocenters. The lowest BCUT2D eigenvalue weighted by Gasteiger charge is -2.05. The number of nitrogens with two attached hydrogens (primary N) is 1. The summed E-state index contributed by atoms with van der Waals surface area (Å²) in [5.41, 5.74) is 5.94. The number of primary amides is 1. The number of benzene rings is 1. The minimum atomic E-state index is -0.497. The van der Waals surface area contributed by atoms with Gasteiger partial charge in [-0.1, -0.05) is 6.07 Å². The van der Waals surface area contributed by atoms with Gasteiger partial charge in [0, 0.05) is 13.0 Å². The maximum Gasteiger partial charge on any atom is 0.217 e. The van der Waals surface area contributed by atoms with Gasteiger partial charge >= 0.3 is 0 Å². The van der Waals surface area contributed by atoms with Gasteiger partial charge in [0.05, 0.1) is 5.56 Å². The summed E-state index contributed by atoms with van der Waals surface area (Å²) in [4.78, 5) is 10.5. The lowest BCUT2D eigenvalue weighted by molar-refractivity contribution is -0.118. The molecule has 0 aliphatic heterocycles. The van der Waals surface area contributed by atoms with Gasteiger partial charge in [-0.05, 0) is 37.1 Å². The summed E-state index contributed by atoms with van der Waals surface area (Å²) in [5, 5.41) is 11.8. The van der Waals surface area contributed by atoms with E-state index >= 15 is 0 Å². The Morgan fingerprint density at radius 2 is 2.22 bits per heavy atom. The van der Waals surface area contributed by atoms with Crippen LogP contribution in [0.2, 0.25) is 0 Å². The van der Waals surface area contributed by atoms with Crippen molar-refractivity contribution in [2.75, 3.05) is 6.54 Å². The molecule has 5 heteroatoms. The number of unbranched alkanes of at least 4 members (excludes halogenated alkanes) is 1. The van der Waals surface area contributed by atoms with Crippen LogP contribution in [0, 0.1) is 17.1 Å². The second kappa shape index (κ2) is 7.41. The van der Waals surface area contributed by atoms with E-state index in [1.807, 2.05) is 0 Å². The van der Waals surface area contributed by atoms with Gasteiger partial charge in [-0.3, -0.25) is 4.79 Å². The Hall–Kier alpha value is -1.93. The van der Waals surface area contributed by atoms with Crippen molar-refractivity contribution in [2.45, 2.75) is 25.8 Å². The topological polar surface area (TPSA) is 78.9 Å². The molecule has 3 N–H and O–H groups in total. The van der Waals surface area contributed by atoms with Gasteiger partial charge in [0.1, 0.15) is 11.9 Å². The van der Waals surface area contributed by atoms with Crippen LogP contribution in [0.4, 0.5) is 4.39 Å². The number of hydrogen-bond donors (Lipinski definition) is 2. The first-order chi connectivity index (χ1) is 8.63. The molecule has 4 nitrogen and oxygen atoms in total. The summed E-state index contributed by atoms with van der Waals surface area (Å²) in [6, 6.07) is 6.28. The third-order valence-electron chi connectivity index (χ3n) is 2.51. The number of amides is 1. The number of hydrogen-bond acceptors (Lipinski definition) is 3. The molecular weight excluding hydrogens is 233 g/mol. The lowest BCUT2D eigenvalue weighted by atomic mass is 10.1. The highest BCUT2D eigenvalue weighted by Crippen LogP contribution is 2.09. The van der Waals surface area contributed by atoms with Crippen LogP contribution in [0.3, 0.4) is 0 Å². The molecule has 0 aliphatic carbocycles. The highest BCUT2D eigenvalue weighted by Gasteiger charge is 2.02. The number of nitrogens with zero attached hydrogens (tertiary/aromatic N) is 1. The highest BCUT2D eigenvalue weighted by molar-refractivity contribution is 5.73. The Balaban J connectivity index is 2.28. The monoisotopic (exact) mass is 249 g/mol. The lowest BCUT2D eigenvalue weighted by Crippen LogP contribution is -2.16. The Morgan fingerprint density at radius 3 is 2.89 bits per heavy atom. The van der Waals surface area contributed by atoms with E-state index in [-0.39, 0.29) is 11.5 Å². The van der Waals surface area contributed by atoms with Gasteiger partial charge in [-0.25, -0.2) is 4.39 Å². The van der Waals surface area contributed by atoms with E-state index in [0.717, 1.165) is 24.9 Å². The van der Waals surface area contributed by atoms with Gasteiger partial charge in [-0.2, -0.15) is 5.26 Å². The van der Waals surface area contributed by atoms with Crippen molar-refractivity contribution in [1.29, 1.82) is 5.26 Å². The summed E-state index contributed by atoms with van der Waals surface area (Å²) in [7, 11) is 0. The maximum absolute atomic E-state index is 13.0. The molecule has 0 spiro atoms. The van der Waals surface area contributed by atoms with Gasteiger partial charge in [0.2, 0.25) is 5.91 Å². The predicted molar refractivity (Wildman–Crippen MR) is 65.9 cm³/mol. The average Bonchev–Trinajstić information content (AvgIpc) is 2.35. The van der Waals surface area contributed by atoms with E-state index in [1.165, 1.54) is 12.1 Å². The molecule has 1 aromatic rings. The standard InChI is InChI=1S/C13H16FN3O/c14-12-5-4-10(7-11(12)8-15)9-17-6-2-1-3-13(16)18/h4-5,7,17H,1-3,6,9H2,(H2,16,18). The minimum Gasteiger partial charge on any atom is -0.370 e. The molecule has 96 valence electrons. The number of carbonyl (C=O) groups excluding carboxylic acids is 1. The van der Waals surface area contributed by atoms with Crippen LogP contribution in [0.1, 0.15) is 30.4 Å². The van der Waals surface area contributed by atoms with Gasteiger partial charge in [0.25, 0.3) is 0 Å². The minimum absolute atomic E-state index is 0.0584. The van der Waals surface area contributed by atoms with E-state index in [1.54, 1.807) is 12.1 Å². The highest BCUT2D eigenvalue weighted by atomic mass is 19.1. The first kappa shape index (κ1) is 14.1. The maximum atomic E-state index is 13.0. The third-order valence-corrected chi connectivity index (χ3v) is 2.51. The molecular formula is C13H16FN3O. The van der Waals surface area contributed by atoms with Crippen molar-refractivity contribution in [3.63, 3.8) is 0 Å². The number of halogens is 1. The number of rotatable bonds is 7. The Kier molecular flexibility index (Phi) is 5.81.